The normalized spacial score (nSPS) is 18.3. The molecule has 6 nitrogen and oxygen atoms in total. The predicted molar refractivity (Wildman–Crippen MR) is 113 cm³/mol. The molecule has 1 fully saturated rings. The quantitative estimate of drug-likeness (QED) is 0.564. The minimum atomic E-state index is -2.81. The predicted octanol–water partition coefficient (Wildman–Crippen LogP) is 1.42. The highest BCUT2D eigenvalue weighted by atomic mass is 32.2. The molecule has 1 aliphatic rings. The third-order valence-corrected chi connectivity index (χ3v) is 6.52. The molecule has 1 saturated heterocycles. The summed E-state index contributed by atoms with van der Waals surface area (Å²) in [5, 5.41) is 6.64. The van der Waals surface area contributed by atoms with E-state index < -0.39 is 9.84 Å². The van der Waals surface area contributed by atoms with Crippen molar-refractivity contribution in [2.24, 2.45) is 4.99 Å². The Morgan fingerprint density at radius 3 is 2.22 bits per heavy atom. The molecule has 0 aliphatic carbocycles. The molecule has 0 unspecified atom stereocenters. The first-order chi connectivity index (χ1) is 12.7. The van der Waals surface area contributed by atoms with Crippen LogP contribution in [-0.4, -0.2) is 70.6 Å². The first-order valence-electron chi connectivity index (χ1n) is 9.66. The Kier molecular flexibility index (Phi) is 7.68. The maximum absolute atomic E-state index is 11.5. The van der Waals surface area contributed by atoms with Crippen LogP contribution < -0.4 is 10.6 Å². The van der Waals surface area contributed by atoms with Gasteiger partial charge in [0, 0.05) is 39.8 Å². The zero-order valence-corrected chi connectivity index (χ0v) is 17.9. The second-order valence-corrected chi connectivity index (χ2v) is 10.4. The lowest BCUT2D eigenvalue weighted by molar-refractivity contribution is 0.299. The molecule has 1 aromatic rings. The minimum Gasteiger partial charge on any atom is -0.356 e. The summed E-state index contributed by atoms with van der Waals surface area (Å²) in [7, 11) is -1.04. The lowest BCUT2D eigenvalue weighted by atomic mass is 9.86. The molecule has 0 amide bonds. The highest BCUT2D eigenvalue weighted by molar-refractivity contribution is 7.91. The van der Waals surface area contributed by atoms with E-state index in [-0.39, 0.29) is 16.9 Å². The molecule has 0 saturated carbocycles. The summed E-state index contributed by atoms with van der Waals surface area (Å²) < 4.78 is 22.9. The van der Waals surface area contributed by atoms with E-state index in [0.717, 1.165) is 32.0 Å². The number of sulfone groups is 1. The third-order valence-electron chi connectivity index (χ3n) is 4.91. The number of nitrogens with zero attached hydrogens (tertiary/aromatic N) is 2. The average Bonchev–Trinajstić information content (AvgIpc) is 2.61. The van der Waals surface area contributed by atoms with Gasteiger partial charge in [0.05, 0.1) is 11.5 Å². The van der Waals surface area contributed by atoms with Gasteiger partial charge in [-0.25, -0.2) is 8.42 Å². The van der Waals surface area contributed by atoms with E-state index in [1.165, 1.54) is 11.1 Å². The summed E-state index contributed by atoms with van der Waals surface area (Å²) in [6, 6.07) is 8.81. The monoisotopic (exact) mass is 394 g/mol. The molecule has 1 aliphatic heterocycles. The van der Waals surface area contributed by atoms with Crippen LogP contribution in [0.5, 0.6) is 0 Å². The Morgan fingerprint density at radius 2 is 1.67 bits per heavy atom. The SMILES string of the molecule is CN=C(NCCc1ccc(C(C)(C)C)cc1)NCCN1CCS(=O)(=O)CC1. The average molecular weight is 395 g/mol. The van der Waals surface area contributed by atoms with Gasteiger partial charge in [-0.3, -0.25) is 9.89 Å². The lowest BCUT2D eigenvalue weighted by Gasteiger charge is -2.26. The van der Waals surface area contributed by atoms with Crippen molar-refractivity contribution >= 4 is 15.8 Å². The first kappa shape index (κ1) is 21.7. The Labute approximate surface area is 164 Å². The molecule has 152 valence electrons. The zero-order chi connectivity index (χ0) is 19.9. The van der Waals surface area contributed by atoms with Crippen molar-refractivity contribution in [3.8, 4) is 0 Å². The van der Waals surface area contributed by atoms with Crippen LogP contribution in [-0.2, 0) is 21.7 Å². The van der Waals surface area contributed by atoms with Gasteiger partial charge in [-0.1, -0.05) is 45.0 Å². The molecule has 1 heterocycles. The molecular formula is C20H34N4O2S. The van der Waals surface area contributed by atoms with Gasteiger partial charge in [-0.15, -0.1) is 0 Å². The van der Waals surface area contributed by atoms with E-state index in [4.69, 9.17) is 0 Å². The highest BCUT2D eigenvalue weighted by Gasteiger charge is 2.20. The van der Waals surface area contributed by atoms with Crippen LogP contribution in [0.1, 0.15) is 31.9 Å². The molecule has 7 heteroatoms. The first-order valence-corrected chi connectivity index (χ1v) is 11.5. The van der Waals surface area contributed by atoms with E-state index in [1.807, 2.05) is 0 Å². The van der Waals surface area contributed by atoms with Gasteiger partial charge in [0.1, 0.15) is 0 Å². The van der Waals surface area contributed by atoms with Crippen LogP contribution in [0.2, 0.25) is 0 Å². The summed E-state index contributed by atoms with van der Waals surface area (Å²) in [6.07, 6.45) is 0.940. The summed E-state index contributed by atoms with van der Waals surface area (Å²) in [6.45, 7) is 10.3. The Balaban J connectivity index is 1.67. The molecular weight excluding hydrogens is 360 g/mol. The molecule has 27 heavy (non-hydrogen) atoms. The smallest absolute Gasteiger partial charge is 0.191 e. The molecule has 0 spiro atoms. The van der Waals surface area contributed by atoms with Crippen LogP contribution in [0.15, 0.2) is 29.3 Å². The number of guanidine groups is 1. The maximum Gasteiger partial charge on any atom is 0.191 e. The topological polar surface area (TPSA) is 73.8 Å². The molecule has 0 aromatic heterocycles. The number of rotatable bonds is 6. The highest BCUT2D eigenvalue weighted by Crippen LogP contribution is 2.22. The van der Waals surface area contributed by atoms with Gasteiger partial charge in [0.2, 0.25) is 0 Å². The molecule has 2 N–H and O–H groups in total. The Hall–Kier alpha value is -1.60. The minimum absolute atomic E-state index is 0.182. The lowest BCUT2D eigenvalue weighted by Crippen LogP contribution is -2.46. The second-order valence-electron chi connectivity index (χ2n) is 8.12. The van der Waals surface area contributed by atoms with Crippen LogP contribution in [0.3, 0.4) is 0 Å². The zero-order valence-electron chi connectivity index (χ0n) is 17.1. The van der Waals surface area contributed by atoms with Gasteiger partial charge >= 0.3 is 0 Å². The molecule has 0 radical (unpaired) electrons. The third kappa shape index (κ3) is 7.50. The van der Waals surface area contributed by atoms with Crippen molar-refractivity contribution in [1.29, 1.82) is 0 Å². The number of nitrogens with one attached hydrogen (secondary N) is 2. The van der Waals surface area contributed by atoms with Crippen LogP contribution >= 0.6 is 0 Å². The second kappa shape index (κ2) is 9.55. The van der Waals surface area contributed by atoms with Crippen molar-refractivity contribution in [3.63, 3.8) is 0 Å². The largest absolute Gasteiger partial charge is 0.356 e. The standard InChI is InChI=1S/C20H34N4O2S/c1-20(2,3)18-7-5-17(6-8-18)9-10-22-19(21-4)23-11-12-24-13-15-27(25,26)16-14-24/h5-8H,9-16H2,1-4H3,(H2,21,22,23). The Morgan fingerprint density at radius 1 is 1.07 bits per heavy atom. The number of hydrogen-bond acceptors (Lipinski definition) is 4. The van der Waals surface area contributed by atoms with Crippen molar-refractivity contribution in [2.75, 3.05) is 51.3 Å². The van der Waals surface area contributed by atoms with Crippen molar-refractivity contribution in [2.45, 2.75) is 32.6 Å². The fourth-order valence-corrected chi connectivity index (χ4v) is 4.30. The number of hydrogen-bond donors (Lipinski definition) is 2. The van der Waals surface area contributed by atoms with Crippen molar-refractivity contribution in [1.82, 2.24) is 15.5 Å². The van der Waals surface area contributed by atoms with Gasteiger partial charge in [-0.05, 0) is 23.0 Å². The van der Waals surface area contributed by atoms with E-state index in [2.05, 4.69) is 65.6 Å². The van der Waals surface area contributed by atoms with E-state index in [9.17, 15) is 8.42 Å². The summed E-state index contributed by atoms with van der Waals surface area (Å²) >= 11 is 0. The number of benzene rings is 1. The summed E-state index contributed by atoms with van der Waals surface area (Å²) in [5.74, 6) is 1.33. The van der Waals surface area contributed by atoms with E-state index in [0.29, 0.717) is 13.1 Å². The maximum atomic E-state index is 11.5. The summed E-state index contributed by atoms with van der Waals surface area (Å²) in [5.41, 5.74) is 2.84. The molecule has 0 bridgehead atoms. The van der Waals surface area contributed by atoms with Gasteiger partial charge < -0.3 is 10.6 Å². The van der Waals surface area contributed by atoms with Gasteiger partial charge in [0.15, 0.2) is 15.8 Å². The summed E-state index contributed by atoms with van der Waals surface area (Å²) in [4.78, 5) is 6.43. The van der Waals surface area contributed by atoms with Crippen LogP contribution in [0.4, 0.5) is 0 Å². The number of aliphatic imine (C=N–C) groups is 1. The van der Waals surface area contributed by atoms with Gasteiger partial charge in [0.25, 0.3) is 0 Å². The fourth-order valence-electron chi connectivity index (χ4n) is 3.02. The van der Waals surface area contributed by atoms with E-state index >= 15 is 0 Å². The van der Waals surface area contributed by atoms with E-state index in [1.54, 1.807) is 7.05 Å². The molecule has 2 rings (SSSR count). The van der Waals surface area contributed by atoms with Crippen molar-refractivity contribution < 1.29 is 8.42 Å². The fraction of sp³-hybridized carbons (Fsp3) is 0.650. The van der Waals surface area contributed by atoms with Crippen LogP contribution in [0, 0.1) is 0 Å². The Bertz CT molecular complexity index is 707. The van der Waals surface area contributed by atoms with Crippen molar-refractivity contribution in [3.05, 3.63) is 35.4 Å². The molecule has 1 aromatic carbocycles. The molecule has 0 atom stereocenters. The van der Waals surface area contributed by atoms with Crippen LogP contribution in [0.25, 0.3) is 0 Å². The van der Waals surface area contributed by atoms with Gasteiger partial charge in [-0.2, -0.15) is 0 Å².